The van der Waals surface area contributed by atoms with Gasteiger partial charge in [0.25, 0.3) is 5.91 Å². The number of morpholine rings is 1. The number of hydrogen-bond acceptors (Lipinski definition) is 9. The summed E-state index contributed by atoms with van der Waals surface area (Å²) in [7, 11) is -1.04. The molecule has 0 unspecified atom stereocenters. The van der Waals surface area contributed by atoms with E-state index in [0.717, 1.165) is 22.3 Å². The lowest BCUT2D eigenvalue weighted by molar-refractivity contribution is -0.116. The Bertz CT molecular complexity index is 1880. The minimum Gasteiger partial charge on any atom is -0.497 e. The number of fused-ring (bicyclic) bond motifs is 1. The number of pyridine rings is 1. The number of amides is 2. The lowest BCUT2D eigenvalue weighted by Gasteiger charge is -2.27. The first-order chi connectivity index (χ1) is 23.1. The first-order valence-corrected chi connectivity index (χ1v) is 17.2. The third-order valence-electron chi connectivity index (χ3n) is 7.88. The average Bonchev–Trinajstić information content (AvgIpc) is 3.10. The maximum absolute atomic E-state index is 13.8. The van der Waals surface area contributed by atoms with Crippen LogP contribution in [-0.2, 0) is 19.6 Å². The van der Waals surface area contributed by atoms with E-state index < -0.39 is 15.9 Å². The monoisotopic (exact) mass is 695 g/mol. The summed E-state index contributed by atoms with van der Waals surface area (Å²) < 4.78 is 44.9. The van der Waals surface area contributed by atoms with Gasteiger partial charge in [-0.1, -0.05) is 11.6 Å². The molecule has 1 fully saturated rings. The molecule has 0 spiro atoms. The molecule has 14 heteroatoms. The fourth-order valence-electron chi connectivity index (χ4n) is 5.36. The van der Waals surface area contributed by atoms with E-state index in [-0.39, 0.29) is 36.9 Å². The fraction of sp³-hybridized carbons (Fsp3) is 0.324. The predicted molar refractivity (Wildman–Crippen MR) is 185 cm³/mol. The first-order valence-electron chi connectivity index (χ1n) is 15.4. The van der Waals surface area contributed by atoms with Gasteiger partial charge in [-0.25, -0.2) is 8.42 Å². The van der Waals surface area contributed by atoms with E-state index in [2.05, 4.69) is 15.6 Å². The molecular formula is C34H38ClN5O7S. The van der Waals surface area contributed by atoms with Crippen LogP contribution in [0.3, 0.4) is 0 Å². The number of carbonyl (C=O) groups is 2. The summed E-state index contributed by atoms with van der Waals surface area (Å²) in [5.41, 5.74) is 3.11. The van der Waals surface area contributed by atoms with Crippen molar-refractivity contribution in [1.82, 2.24) is 14.2 Å². The van der Waals surface area contributed by atoms with Gasteiger partial charge in [0.2, 0.25) is 15.9 Å². The molecule has 1 aromatic heterocycles. The minimum atomic E-state index is -4.00. The quantitative estimate of drug-likeness (QED) is 0.202. The van der Waals surface area contributed by atoms with Gasteiger partial charge in [-0.3, -0.25) is 14.6 Å². The molecule has 254 valence electrons. The largest absolute Gasteiger partial charge is 0.497 e. The first kappa shape index (κ1) is 34.9. The highest BCUT2D eigenvalue weighted by Gasteiger charge is 2.26. The Balaban J connectivity index is 1.30. The van der Waals surface area contributed by atoms with E-state index in [0.29, 0.717) is 54.1 Å². The summed E-state index contributed by atoms with van der Waals surface area (Å²) in [6, 6.07) is 18.2. The highest BCUT2D eigenvalue weighted by atomic mass is 35.5. The molecule has 0 atom stereocenters. The molecule has 4 aromatic rings. The van der Waals surface area contributed by atoms with Gasteiger partial charge in [-0.15, -0.1) is 0 Å². The van der Waals surface area contributed by atoms with Crippen LogP contribution < -0.4 is 20.1 Å². The van der Waals surface area contributed by atoms with Crippen LogP contribution in [0.4, 0.5) is 11.4 Å². The SMILES string of the molecule is COc1ccc(S(=O)(=O)N(CCNc2cc(C)nc3ccc(Cl)cc23)CCC(=O)Nc2ccc(C(=O)N3CCOCC3)cc2OC)cc1. The maximum atomic E-state index is 13.8. The van der Waals surface area contributed by atoms with Crippen molar-refractivity contribution in [1.29, 1.82) is 0 Å². The molecule has 0 bridgehead atoms. The van der Waals surface area contributed by atoms with Gasteiger partial charge < -0.3 is 29.7 Å². The van der Waals surface area contributed by atoms with Crippen LogP contribution in [-0.4, -0.2) is 94.6 Å². The van der Waals surface area contributed by atoms with Gasteiger partial charge in [0.15, 0.2) is 0 Å². The second-order valence-corrected chi connectivity index (χ2v) is 13.5. The van der Waals surface area contributed by atoms with Crippen molar-refractivity contribution < 1.29 is 32.2 Å². The number of benzene rings is 3. The zero-order valence-corrected chi connectivity index (χ0v) is 28.6. The average molecular weight is 696 g/mol. The van der Waals surface area contributed by atoms with E-state index in [9.17, 15) is 18.0 Å². The molecular weight excluding hydrogens is 658 g/mol. The van der Waals surface area contributed by atoms with Crippen LogP contribution >= 0.6 is 11.6 Å². The molecule has 5 rings (SSSR count). The second-order valence-electron chi connectivity index (χ2n) is 11.1. The van der Waals surface area contributed by atoms with Crippen LogP contribution in [0.2, 0.25) is 5.02 Å². The second kappa shape index (κ2) is 15.6. The number of carbonyl (C=O) groups excluding carboxylic acids is 2. The van der Waals surface area contributed by atoms with Gasteiger partial charge in [-0.05, 0) is 73.7 Å². The van der Waals surface area contributed by atoms with Crippen molar-refractivity contribution >= 4 is 55.7 Å². The summed E-state index contributed by atoms with van der Waals surface area (Å²) >= 11 is 6.25. The van der Waals surface area contributed by atoms with Crippen molar-refractivity contribution in [2.24, 2.45) is 0 Å². The van der Waals surface area contributed by atoms with Crippen LogP contribution in [0.5, 0.6) is 11.5 Å². The van der Waals surface area contributed by atoms with Gasteiger partial charge in [-0.2, -0.15) is 4.31 Å². The van der Waals surface area contributed by atoms with Gasteiger partial charge in [0.05, 0.1) is 43.5 Å². The Labute approximate surface area is 285 Å². The summed E-state index contributed by atoms with van der Waals surface area (Å²) in [6.07, 6.45) is -0.139. The minimum absolute atomic E-state index is 0.0622. The Kier molecular flexibility index (Phi) is 11.4. The van der Waals surface area contributed by atoms with Crippen LogP contribution in [0.25, 0.3) is 10.9 Å². The third kappa shape index (κ3) is 8.34. The molecule has 2 N–H and O–H groups in total. The molecule has 1 saturated heterocycles. The molecule has 1 aliphatic heterocycles. The summed E-state index contributed by atoms with van der Waals surface area (Å²) in [5.74, 6) is 0.260. The molecule has 1 aliphatic rings. The van der Waals surface area contributed by atoms with E-state index in [1.807, 2.05) is 19.1 Å². The van der Waals surface area contributed by atoms with Crippen molar-refractivity contribution in [3.63, 3.8) is 0 Å². The van der Waals surface area contributed by atoms with Gasteiger partial charge >= 0.3 is 0 Å². The number of nitrogens with one attached hydrogen (secondary N) is 2. The Hall–Kier alpha value is -4.43. The predicted octanol–water partition coefficient (Wildman–Crippen LogP) is 4.82. The highest BCUT2D eigenvalue weighted by molar-refractivity contribution is 7.89. The van der Waals surface area contributed by atoms with Gasteiger partial charge in [0.1, 0.15) is 11.5 Å². The number of rotatable bonds is 13. The molecule has 0 saturated carbocycles. The van der Waals surface area contributed by atoms with Gasteiger partial charge in [0, 0.05) is 66.5 Å². The van der Waals surface area contributed by atoms with Crippen LogP contribution in [0, 0.1) is 6.92 Å². The molecule has 0 aliphatic carbocycles. The number of hydrogen-bond donors (Lipinski definition) is 2. The lowest BCUT2D eigenvalue weighted by atomic mass is 10.1. The molecule has 12 nitrogen and oxygen atoms in total. The fourth-order valence-corrected chi connectivity index (χ4v) is 6.97. The van der Waals surface area contributed by atoms with E-state index in [1.165, 1.54) is 30.7 Å². The highest BCUT2D eigenvalue weighted by Crippen LogP contribution is 2.28. The van der Waals surface area contributed by atoms with E-state index in [1.54, 1.807) is 47.4 Å². The number of sulfonamides is 1. The number of aryl methyl sites for hydroxylation is 1. The lowest BCUT2D eigenvalue weighted by Crippen LogP contribution is -2.40. The number of ether oxygens (including phenoxy) is 3. The van der Waals surface area contributed by atoms with Crippen molar-refractivity contribution in [2.75, 3.05) is 70.8 Å². The Morgan fingerprint density at radius 1 is 0.958 bits per heavy atom. The van der Waals surface area contributed by atoms with Crippen LogP contribution in [0.1, 0.15) is 22.5 Å². The molecule has 2 amide bonds. The number of methoxy groups -OCH3 is 2. The number of anilines is 2. The zero-order valence-electron chi connectivity index (χ0n) is 27.0. The van der Waals surface area contributed by atoms with Crippen molar-refractivity contribution in [2.45, 2.75) is 18.2 Å². The van der Waals surface area contributed by atoms with Crippen LogP contribution in [0.15, 0.2) is 71.6 Å². The zero-order chi connectivity index (χ0) is 34.3. The smallest absolute Gasteiger partial charge is 0.254 e. The number of nitrogens with zero attached hydrogens (tertiary/aromatic N) is 3. The van der Waals surface area contributed by atoms with Crippen molar-refractivity contribution in [3.05, 3.63) is 83.0 Å². The molecule has 0 radical (unpaired) electrons. The molecule has 3 aromatic carbocycles. The van der Waals surface area contributed by atoms with E-state index in [4.69, 9.17) is 25.8 Å². The maximum Gasteiger partial charge on any atom is 0.254 e. The molecule has 48 heavy (non-hydrogen) atoms. The summed E-state index contributed by atoms with van der Waals surface area (Å²) in [4.78, 5) is 32.5. The number of halogens is 1. The van der Waals surface area contributed by atoms with E-state index >= 15 is 0 Å². The standard InChI is InChI=1S/C34H38ClN5O7S/c1-23-20-31(28-22-25(35)5-11-29(28)37-23)36-13-15-40(48(43,44)27-8-6-26(45-2)7-9-27)14-12-33(41)38-30-10-4-24(21-32(30)46-3)34(42)39-16-18-47-19-17-39/h4-11,20-22H,12-19H2,1-3H3,(H,36,37)(H,38,41). The normalized spacial score (nSPS) is 13.4. The topological polar surface area (TPSA) is 139 Å². The Morgan fingerprint density at radius 3 is 2.42 bits per heavy atom. The number of aromatic nitrogens is 1. The Morgan fingerprint density at radius 2 is 1.71 bits per heavy atom. The summed E-state index contributed by atoms with van der Waals surface area (Å²) in [6.45, 7) is 4.04. The van der Waals surface area contributed by atoms with Crippen molar-refractivity contribution in [3.8, 4) is 11.5 Å². The third-order valence-corrected chi connectivity index (χ3v) is 10.0. The molecule has 2 heterocycles. The summed E-state index contributed by atoms with van der Waals surface area (Å²) in [5, 5.41) is 7.49.